The number of nitrogens with zero attached hydrogens (tertiary/aromatic N) is 4. The quantitative estimate of drug-likeness (QED) is 0.670. The van der Waals surface area contributed by atoms with Crippen LogP contribution in [0.1, 0.15) is 41.9 Å². The van der Waals surface area contributed by atoms with Gasteiger partial charge in [0.15, 0.2) is 11.4 Å². The van der Waals surface area contributed by atoms with E-state index in [1.165, 1.54) is 6.07 Å². The van der Waals surface area contributed by atoms with E-state index < -0.39 is 11.6 Å². The first-order chi connectivity index (χ1) is 11.0. The summed E-state index contributed by atoms with van der Waals surface area (Å²) in [5, 5.41) is 23.6. The maximum atomic E-state index is 11.8. The van der Waals surface area contributed by atoms with E-state index in [9.17, 15) is 9.59 Å². The standard InChI is InChI=1S/C15H19N5O3/c1-3-4-6-15(18-19-15)7-5-13(21)16-8-9-20-11(2)10-12(17-20)14(22)23/h1,10H,4-9H2,2H3,(H,16,21)(H,22,23). The van der Waals surface area contributed by atoms with Gasteiger partial charge in [0.25, 0.3) is 0 Å². The van der Waals surface area contributed by atoms with Crippen molar-refractivity contribution in [3.63, 3.8) is 0 Å². The second-order valence-corrected chi connectivity index (χ2v) is 5.44. The number of carbonyl (C=O) groups is 2. The number of terminal acetylenes is 1. The topological polar surface area (TPSA) is 109 Å². The molecule has 2 heterocycles. The monoisotopic (exact) mass is 317 g/mol. The summed E-state index contributed by atoms with van der Waals surface area (Å²) in [5.41, 5.74) is 0.292. The first kappa shape index (κ1) is 16.7. The van der Waals surface area contributed by atoms with E-state index in [-0.39, 0.29) is 11.6 Å². The molecule has 1 aromatic rings. The lowest BCUT2D eigenvalue weighted by Crippen LogP contribution is -2.29. The molecule has 0 aromatic carbocycles. The first-order valence-corrected chi connectivity index (χ1v) is 7.38. The van der Waals surface area contributed by atoms with Gasteiger partial charge in [-0.05, 0) is 13.0 Å². The van der Waals surface area contributed by atoms with Crippen molar-refractivity contribution in [3.05, 3.63) is 17.5 Å². The number of nitrogens with one attached hydrogen (secondary N) is 1. The highest BCUT2D eigenvalue weighted by molar-refractivity contribution is 5.85. The number of aryl methyl sites for hydroxylation is 1. The maximum Gasteiger partial charge on any atom is 0.356 e. The molecule has 1 aliphatic heterocycles. The van der Waals surface area contributed by atoms with Gasteiger partial charge in [0, 0.05) is 37.9 Å². The van der Waals surface area contributed by atoms with Crippen LogP contribution >= 0.6 is 0 Å². The van der Waals surface area contributed by atoms with Crippen LogP contribution in [0.15, 0.2) is 16.3 Å². The molecule has 0 spiro atoms. The van der Waals surface area contributed by atoms with Crippen molar-refractivity contribution in [2.24, 2.45) is 10.2 Å². The van der Waals surface area contributed by atoms with Crippen molar-refractivity contribution in [1.82, 2.24) is 15.1 Å². The molecule has 2 rings (SSSR count). The molecule has 0 aliphatic carbocycles. The average molecular weight is 317 g/mol. The number of carbonyl (C=O) groups excluding carboxylic acids is 1. The van der Waals surface area contributed by atoms with Crippen molar-refractivity contribution < 1.29 is 14.7 Å². The number of carboxylic acid groups (broad SMARTS) is 1. The molecular formula is C15H19N5O3. The van der Waals surface area contributed by atoms with E-state index in [1.807, 2.05) is 0 Å². The highest BCUT2D eigenvalue weighted by atomic mass is 16.4. The van der Waals surface area contributed by atoms with Gasteiger partial charge in [0.05, 0.1) is 6.54 Å². The minimum atomic E-state index is -1.06. The average Bonchev–Trinajstić information content (AvgIpc) is 3.19. The molecule has 1 aromatic heterocycles. The molecule has 122 valence electrons. The van der Waals surface area contributed by atoms with Crippen LogP contribution < -0.4 is 5.32 Å². The predicted octanol–water partition coefficient (Wildman–Crippen LogP) is 1.36. The highest BCUT2D eigenvalue weighted by Crippen LogP contribution is 2.37. The molecule has 0 saturated heterocycles. The Morgan fingerprint density at radius 3 is 2.74 bits per heavy atom. The molecule has 1 aliphatic rings. The summed E-state index contributed by atoms with van der Waals surface area (Å²) >= 11 is 0. The molecule has 8 heteroatoms. The Morgan fingerprint density at radius 2 is 2.17 bits per heavy atom. The fraction of sp³-hybridized carbons (Fsp3) is 0.533. The van der Waals surface area contributed by atoms with Crippen LogP contribution in [-0.4, -0.2) is 39.0 Å². The van der Waals surface area contributed by atoms with Gasteiger partial charge >= 0.3 is 5.97 Å². The van der Waals surface area contributed by atoms with E-state index in [2.05, 4.69) is 26.6 Å². The largest absolute Gasteiger partial charge is 0.476 e. The third-order valence-corrected chi connectivity index (χ3v) is 3.65. The Balaban J connectivity index is 1.69. The van der Waals surface area contributed by atoms with Crippen molar-refractivity contribution in [2.75, 3.05) is 6.54 Å². The summed E-state index contributed by atoms with van der Waals surface area (Å²) in [6.45, 7) is 2.57. The first-order valence-electron chi connectivity index (χ1n) is 7.38. The molecular weight excluding hydrogens is 298 g/mol. The molecule has 0 radical (unpaired) electrons. The maximum absolute atomic E-state index is 11.8. The van der Waals surface area contributed by atoms with Crippen molar-refractivity contribution >= 4 is 11.9 Å². The zero-order valence-electron chi connectivity index (χ0n) is 12.9. The van der Waals surface area contributed by atoms with Crippen LogP contribution in [0.25, 0.3) is 0 Å². The Labute approximate surface area is 134 Å². The summed E-state index contributed by atoms with van der Waals surface area (Å²) in [6, 6.07) is 1.50. The Kier molecular flexibility index (Phi) is 5.11. The number of aromatic carboxylic acids is 1. The number of amides is 1. The normalized spacial score (nSPS) is 14.3. The zero-order valence-corrected chi connectivity index (χ0v) is 12.9. The van der Waals surface area contributed by atoms with Gasteiger partial charge in [-0.15, -0.1) is 12.3 Å². The van der Waals surface area contributed by atoms with Gasteiger partial charge in [-0.3, -0.25) is 9.48 Å². The van der Waals surface area contributed by atoms with Crippen molar-refractivity contribution in [1.29, 1.82) is 0 Å². The second-order valence-electron chi connectivity index (χ2n) is 5.44. The molecule has 8 nitrogen and oxygen atoms in total. The molecule has 23 heavy (non-hydrogen) atoms. The van der Waals surface area contributed by atoms with E-state index in [0.29, 0.717) is 38.8 Å². The van der Waals surface area contributed by atoms with Gasteiger partial charge in [0.1, 0.15) is 0 Å². The van der Waals surface area contributed by atoms with E-state index >= 15 is 0 Å². The van der Waals surface area contributed by atoms with Crippen LogP contribution in [0.3, 0.4) is 0 Å². The summed E-state index contributed by atoms with van der Waals surface area (Å²) < 4.78 is 1.56. The SMILES string of the molecule is C#CCCC1(CCC(=O)NCCn2nc(C(=O)O)cc2C)N=N1. The van der Waals surface area contributed by atoms with Gasteiger partial charge < -0.3 is 10.4 Å². The van der Waals surface area contributed by atoms with E-state index in [4.69, 9.17) is 11.5 Å². The van der Waals surface area contributed by atoms with Crippen molar-refractivity contribution in [3.8, 4) is 12.3 Å². The van der Waals surface area contributed by atoms with Crippen LogP contribution in [-0.2, 0) is 11.3 Å². The second kappa shape index (κ2) is 7.05. The Morgan fingerprint density at radius 1 is 1.43 bits per heavy atom. The van der Waals surface area contributed by atoms with Crippen molar-refractivity contribution in [2.45, 2.75) is 44.8 Å². The molecule has 0 bridgehead atoms. The minimum absolute atomic E-state index is 0.00115. The zero-order chi connectivity index (χ0) is 16.9. The lowest BCUT2D eigenvalue weighted by Gasteiger charge is -2.09. The molecule has 0 saturated carbocycles. The number of carboxylic acids is 1. The van der Waals surface area contributed by atoms with Crippen LogP contribution in [0.5, 0.6) is 0 Å². The third-order valence-electron chi connectivity index (χ3n) is 3.65. The van der Waals surface area contributed by atoms with Gasteiger partial charge in [-0.2, -0.15) is 15.3 Å². The molecule has 1 amide bonds. The highest BCUT2D eigenvalue weighted by Gasteiger charge is 2.39. The third kappa shape index (κ3) is 4.64. The smallest absolute Gasteiger partial charge is 0.356 e. The van der Waals surface area contributed by atoms with Crippen LogP contribution in [0.4, 0.5) is 0 Å². The molecule has 0 atom stereocenters. The summed E-state index contributed by atoms with van der Waals surface area (Å²) in [6.07, 6.45) is 7.38. The Hall–Kier alpha value is -2.69. The van der Waals surface area contributed by atoms with Crippen LogP contribution in [0.2, 0.25) is 0 Å². The van der Waals surface area contributed by atoms with E-state index in [0.717, 1.165) is 5.69 Å². The molecule has 0 unspecified atom stereocenters. The Bertz CT molecular complexity index is 665. The fourth-order valence-electron chi connectivity index (χ4n) is 2.21. The predicted molar refractivity (Wildman–Crippen MR) is 81.8 cm³/mol. The fourth-order valence-corrected chi connectivity index (χ4v) is 2.21. The number of rotatable bonds is 9. The van der Waals surface area contributed by atoms with Crippen LogP contribution in [0, 0.1) is 19.3 Å². The number of aromatic nitrogens is 2. The van der Waals surface area contributed by atoms with Gasteiger partial charge in [-0.25, -0.2) is 4.79 Å². The number of hydrogen-bond acceptors (Lipinski definition) is 5. The summed E-state index contributed by atoms with van der Waals surface area (Å²) in [7, 11) is 0. The van der Waals surface area contributed by atoms with Gasteiger partial charge in [0.2, 0.25) is 5.91 Å². The van der Waals surface area contributed by atoms with E-state index in [1.54, 1.807) is 11.6 Å². The lowest BCUT2D eigenvalue weighted by molar-refractivity contribution is -0.121. The van der Waals surface area contributed by atoms with Gasteiger partial charge in [-0.1, -0.05) is 0 Å². The summed E-state index contributed by atoms with van der Waals surface area (Å²) in [4.78, 5) is 22.7. The summed E-state index contributed by atoms with van der Waals surface area (Å²) in [5.74, 6) is 1.39. The molecule has 2 N–H and O–H groups in total. The molecule has 0 fully saturated rings. The lowest BCUT2D eigenvalue weighted by atomic mass is 10.0. The minimum Gasteiger partial charge on any atom is -0.476 e. The number of hydrogen-bond donors (Lipinski definition) is 2.